The van der Waals surface area contributed by atoms with Gasteiger partial charge >= 0.3 is 0 Å². The fourth-order valence-corrected chi connectivity index (χ4v) is 6.40. The molecule has 1 N–H and O–H groups in total. The smallest absolute Gasteiger partial charge is 0.271 e. The fraction of sp³-hybridized carbons (Fsp3) is 0.135. The largest absolute Gasteiger partial charge is 0.490 e. The van der Waals surface area contributed by atoms with E-state index in [2.05, 4.69) is 16.4 Å². The maximum absolute atomic E-state index is 14.1. The average Bonchev–Trinajstić information content (AvgIpc) is 3.38. The number of carbonyl (C=O) groups is 1. The lowest BCUT2D eigenvalue weighted by Crippen LogP contribution is -2.40. The van der Waals surface area contributed by atoms with Crippen molar-refractivity contribution < 1.29 is 18.7 Å². The Morgan fingerprint density at radius 1 is 1.02 bits per heavy atom. The lowest BCUT2D eigenvalue weighted by Gasteiger charge is -2.25. The van der Waals surface area contributed by atoms with Crippen molar-refractivity contribution >= 4 is 29.0 Å². The van der Waals surface area contributed by atoms with Crippen molar-refractivity contribution in [3.8, 4) is 17.6 Å². The van der Waals surface area contributed by atoms with E-state index < -0.39 is 17.8 Å². The topological polar surface area (TPSA) is 106 Å². The summed E-state index contributed by atoms with van der Waals surface area (Å²) in [5, 5.41) is 12.3. The Balaban J connectivity index is 1.38. The van der Waals surface area contributed by atoms with Gasteiger partial charge in [-0.25, -0.2) is 9.38 Å². The van der Waals surface area contributed by atoms with Crippen LogP contribution in [0.4, 0.5) is 10.1 Å². The first kappa shape index (κ1) is 31.2. The van der Waals surface area contributed by atoms with E-state index in [0.29, 0.717) is 55.5 Å². The first-order valence-corrected chi connectivity index (χ1v) is 15.7. The van der Waals surface area contributed by atoms with E-state index in [1.54, 1.807) is 61.5 Å². The third kappa shape index (κ3) is 6.61. The second-order valence-corrected chi connectivity index (χ2v) is 11.7. The summed E-state index contributed by atoms with van der Waals surface area (Å²) in [6.45, 7) is 4.17. The quantitative estimate of drug-likeness (QED) is 0.216. The number of nitrogens with zero attached hydrogens (tertiary/aromatic N) is 3. The van der Waals surface area contributed by atoms with Crippen LogP contribution in [0.3, 0.4) is 0 Å². The molecule has 0 saturated carbocycles. The van der Waals surface area contributed by atoms with Crippen molar-refractivity contribution in [2.75, 3.05) is 11.9 Å². The van der Waals surface area contributed by atoms with Crippen LogP contribution in [-0.2, 0) is 11.4 Å². The number of ether oxygens (including phenoxy) is 2. The van der Waals surface area contributed by atoms with Gasteiger partial charge in [-0.1, -0.05) is 65.9 Å². The summed E-state index contributed by atoms with van der Waals surface area (Å²) in [5.41, 5.74) is 3.56. The molecule has 0 fully saturated rings. The predicted molar refractivity (Wildman–Crippen MR) is 178 cm³/mol. The van der Waals surface area contributed by atoms with Crippen LogP contribution >= 0.6 is 11.3 Å². The Labute approximate surface area is 274 Å². The summed E-state index contributed by atoms with van der Waals surface area (Å²) in [5.74, 6) is 0.155. The van der Waals surface area contributed by atoms with E-state index in [4.69, 9.17) is 9.47 Å². The third-order valence-corrected chi connectivity index (χ3v) is 8.55. The molecular weight excluding hydrogens is 615 g/mol. The molecule has 1 amide bonds. The van der Waals surface area contributed by atoms with Gasteiger partial charge in [-0.3, -0.25) is 14.2 Å². The van der Waals surface area contributed by atoms with Crippen LogP contribution in [0, 0.1) is 17.1 Å². The van der Waals surface area contributed by atoms with Gasteiger partial charge in [-0.15, -0.1) is 0 Å². The molecule has 1 atom stereocenters. The van der Waals surface area contributed by atoms with Crippen LogP contribution in [0.5, 0.6) is 11.5 Å². The van der Waals surface area contributed by atoms with Gasteiger partial charge in [0.2, 0.25) is 0 Å². The SMILES string of the molecule is CCOc1cc(/C=c2/sc3n(c2=O)[C@H](c2ccc(F)cc2)C(C(=O)Nc2ccccc2)=C(C)N=3)ccc1OCc1ccccc1C#N. The molecule has 0 spiro atoms. The summed E-state index contributed by atoms with van der Waals surface area (Å²) in [6.07, 6.45) is 1.74. The van der Waals surface area contributed by atoms with Crippen molar-refractivity contribution in [3.63, 3.8) is 0 Å². The van der Waals surface area contributed by atoms with Crippen molar-refractivity contribution in [3.05, 3.63) is 156 Å². The molecule has 1 aliphatic rings. The zero-order valence-corrected chi connectivity index (χ0v) is 26.4. The number of nitriles is 1. The molecule has 0 bridgehead atoms. The number of benzene rings is 4. The van der Waals surface area contributed by atoms with Gasteiger partial charge in [0.1, 0.15) is 12.4 Å². The highest BCUT2D eigenvalue weighted by molar-refractivity contribution is 7.07. The second-order valence-electron chi connectivity index (χ2n) is 10.7. The maximum Gasteiger partial charge on any atom is 0.271 e. The fourth-order valence-electron chi connectivity index (χ4n) is 5.36. The summed E-state index contributed by atoms with van der Waals surface area (Å²) < 4.78 is 27.8. The number of carbonyl (C=O) groups excluding carboxylic acids is 1. The Kier molecular flexibility index (Phi) is 9.09. The Morgan fingerprint density at radius 2 is 1.77 bits per heavy atom. The van der Waals surface area contributed by atoms with E-state index >= 15 is 0 Å². The number of amides is 1. The van der Waals surface area contributed by atoms with E-state index in [1.807, 2.05) is 43.3 Å². The molecule has 10 heteroatoms. The number of aromatic nitrogens is 1. The van der Waals surface area contributed by atoms with Crippen LogP contribution in [0.15, 0.2) is 118 Å². The number of rotatable bonds is 9. The van der Waals surface area contributed by atoms with Gasteiger partial charge in [0.05, 0.1) is 40.1 Å². The monoisotopic (exact) mass is 644 g/mol. The zero-order valence-electron chi connectivity index (χ0n) is 25.6. The molecule has 0 aliphatic carbocycles. The molecule has 8 nitrogen and oxygen atoms in total. The molecule has 0 saturated heterocycles. The highest BCUT2D eigenvalue weighted by Gasteiger charge is 2.32. The molecule has 0 unspecified atom stereocenters. The van der Waals surface area contributed by atoms with E-state index in [0.717, 1.165) is 5.56 Å². The number of anilines is 1. The molecule has 1 aromatic heterocycles. The highest BCUT2D eigenvalue weighted by atomic mass is 32.1. The van der Waals surface area contributed by atoms with Crippen LogP contribution < -0.4 is 29.7 Å². The van der Waals surface area contributed by atoms with E-state index in [9.17, 15) is 19.2 Å². The number of fused-ring (bicyclic) bond motifs is 1. The number of thiazole rings is 1. The lowest BCUT2D eigenvalue weighted by atomic mass is 9.95. The van der Waals surface area contributed by atoms with Crippen molar-refractivity contribution in [2.24, 2.45) is 4.99 Å². The molecule has 2 heterocycles. The summed E-state index contributed by atoms with van der Waals surface area (Å²) in [7, 11) is 0. The predicted octanol–water partition coefficient (Wildman–Crippen LogP) is 5.86. The molecule has 47 heavy (non-hydrogen) atoms. The standard InChI is InChI=1S/C37H29FN4O4S/c1-3-45-31-19-24(13-18-30(31)46-22-27-10-8-7-9-26(27)21-39)20-32-36(44)42-34(25-14-16-28(38)17-15-25)33(23(2)40-37(42)47-32)35(43)41-29-11-5-4-6-12-29/h4-20,34H,3,22H2,1-2H3,(H,41,43)/b32-20+/t34-/m1/s1. The molecular formula is C37H29FN4O4S. The number of hydrogen-bond acceptors (Lipinski definition) is 7. The molecule has 0 radical (unpaired) electrons. The molecule has 5 aromatic rings. The van der Waals surface area contributed by atoms with Crippen LogP contribution in [-0.4, -0.2) is 17.1 Å². The minimum absolute atomic E-state index is 0.185. The van der Waals surface area contributed by atoms with Crippen molar-refractivity contribution in [1.82, 2.24) is 4.57 Å². The van der Waals surface area contributed by atoms with E-state index in [-0.39, 0.29) is 17.7 Å². The molecule has 4 aromatic carbocycles. The van der Waals surface area contributed by atoms with Crippen molar-refractivity contribution in [2.45, 2.75) is 26.5 Å². The zero-order chi connectivity index (χ0) is 32.9. The Morgan fingerprint density at radius 3 is 2.51 bits per heavy atom. The number of nitrogens with one attached hydrogen (secondary N) is 1. The molecule has 1 aliphatic heterocycles. The van der Waals surface area contributed by atoms with Gasteiger partial charge in [-0.05, 0) is 73.5 Å². The number of halogens is 1. The van der Waals surface area contributed by atoms with Gasteiger partial charge in [0.25, 0.3) is 11.5 Å². The van der Waals surface area contributed by atoms with Gasteiger partial charge in [0, 0.05) is 11.3 Å². The van der Waals surface area contributed by atoms with Crippen LogP contribution in [0.1, 0.15) is 42.1 Å². The van der Waals surface area contributed by atoms with Crippen LogP contribution in [0.2, 0.25) is 0 Å². The Hall–Kier alpha value is -5.79. The Bertz CT molecular complexity index is 2220. The van der Waals surface area contributed by atoms with Gasteiger partial charge < -0.3 is 14.8 Å². The number of para-hydroxylation sites is 1. The number of allylic oxidation sites excluding steroid dienone is 1. The van der Waals surface area contributed by atoms with Gasteiger partial charge in [0.15, 0.2) is 16.3 Å². The van der Waals surface area contributed by atoms with Crippen LogP contribution in [0.25, 0.3) is 6.08 Å². The normalized spacial score (nSPS) is 14.2. The summed E-state index contributed by atoms with van der Waals surface area (Å²) in [4.78, 5) is 32.9. The third-order valence-electron chi connectivity index (χ3n) is 7.57. The summed E-state index contributed by atoms with van der Waals surface area (Å²) in [6, 6.07) is 28.7. The summed E-state index contributed by atoms with van der Waals surface area (Å²) >= 11 is 1.20. The lowest BCUT2D eigenvalue weighted by molar-refractivity contribution is -0.113. The minimum Gasteiger partial charge on any atom is -0.490 e. The number of hydrogen-bond donors (Lipinski definition) is 1. The average molecular weight is 645 g/mol. The first-order valence-electron chi connectivity index (χ1n) is 14.9. The van der Waals surface area contributed by atoms with E-state index in [1.165, 1.54) is 28.0 Å². The second kappa shape index (κ2) is 13.7. The van der Waals surface area contributed by atoms with Gasteiger partial charge in [-0.2, -0.15) is 5.26 Å². The highest BCUT2D eigenvalue weighted by Crippen LogP contribution is 2.32. The van der Waals surface area contributed by atoms with Crippen molar-refractivity contribution in [1.29, 1.82) is 5.26 Å². The maximum atomic E-state index is 14.1. The molecule has 6 rings (SSSR count). The molecule has 234 valence electrons. The minimum atomic E-state index is -0.830. The first-order chi connectivity index (χ1) is 22.9.